The maximum atomic E-state index is 11.5. The number of rotatable bonds is 6. The number of nitro benzene ring substituents is 1. The molecule has 0 aromatic heterocycles. The van der Waals surface area contributed by atoms with Crippen LogP contribution in [0.3, 0.4) is 0 Å². The van der Waals surface area contributed by atoms with Gasteiger partial charge in [-0.3, -0.25) is 14.9 Å². The quantitative estimate of drug-likeness (QED) is 0.240. The zero-order valence-electron chi connectivity index (χ0n) is 8.71. The van der Waals surface area contributed by atoms with Gasteiger partial charge in [-0.15, -0.1) is 0 Å². The Balaban J connectivity index is 2.59. The maximum Gasteiger partial charge on any atom is 0.269 e. The van der Waals surface area contributed by atoms with E-state index in [4.69, 9.17) is 4.74 Å². The SMILES string of the molecule is COCOCC(=O)c1ccc([N+](=O)[O-])cc1. The van der Waals surface area contributed by atoms with E-state index in [-0.39, 0.29) is 24.9 Å². The standard InChI is InChI=1S/C10H11NO5/c1-15-7-16-6-10(12)8-2-4-9(5-3-8)11(13)14/h2-5H,6-7H2,1H3. The van der Waals surface area contributed by atoms with Crippen molar-refractivity contribution in [2.45, 2.75) is 0 Å². The highest BCUT2D eigenvalue weighted by molar-refractivity contribution is 5.97. The second-order valence-corrected chi connectivity index (χ2v) is 2.98. The van der Waals surface area contributed by atoms with Gasteiger partial charge in [0, 0.05) is 24.8 Å². The molecule has 1 aromatic carbocycles. The van der Waals surface area contributed by atoms with Gasteiger partial charge in [0.05, 0.1) is 4.92 Å². The average Bonchev–Trinajstić information content (AvgIpc) is 2.29. The highest BCUT2D eigenvalue weighted by Gasteiger charge is 2.09. The number of hydrogen-bond donors (Lipinski definition) is 0. The molecule has 0 aliphatic rings. The predicted molar refractivity (Wildman–Crippen MR) is 55.3 cm³/mol. The van der Waals surface area contributed by atoms with Crippen LogP contribution in [0.25, 0.3) is 0 Å². The molecule has 6 heteroatoms. The number of carbonyl (C=O) groups excluding carboxylic acids is 1. The summed E-state index contributed by atoms with van der Waals surface area (Å²) < 4.78 is 9.49. The van der Waals surface area contributed by atoms with Crippen LogP contribution in [0.15, 0.2) is 24.3 Å². The lowest BCUT2D eigenvalue weighted by atomic mass is 10.1. The van der Waals surface area contributed by atoms with E-state index in [2.05, 4.69) is 4.74 Å². The van der Waals surface area contributed by atoms with Crippen LogP contribution in [0.2, 0.25) is 0 Å². The molecule has 0 amide bonds. The van der Waals surface area contributed by atoms with Gasteiger partial charge in [0.15, 0.2) is 5.78 Å². The summed E-state index contributed by atoms with van der Waals surface area (Å²) in [5, 5.41) is 10.4. The third-order valence-corrected chi connectivity index (χ3v) is 1.83. The number of non-ortho nitro benzene ring substituents is 1. The highest BCUT2D eigenvalue weighted by atomic mass is 16.7. The van der Waals surface area contributed by atoms with Crippen molar-refractivity contribution in [1.82, 2.24) is 0 Å². The van der Waals surface area contributed by atoms with Gasteiger partial charge in [-0.2, -0.15) is 0 Å². The molecule has 0 saturated carbocycles. The molecule has 0 atom stereocenters. The first kappa shape index (κ1) is 12.3. The fraction of sp³-hybridized carbons (Fsp3) is 0.300. The first-order chi connectivity index (χ1) is 7.65. The van der Waals surface area contributed by atoms with Crippen LogP contribution in [0.1, 0.15) is 10.4 Å². The van der Waals surface area contributed by atoms with Crippen molar-refractivity contribution in [3.63, 3.8) is 0 Å². The molecule has 0 heterocycles. The highest BCUT2D eigenvalue weighted by Crippen LogP contribution is 2.12. The number of benzene rings is 1. The average molecular weight is 225 g/mol. The van der Waals surface area contributed by atoms with Crippen molar-refractivity contribution in [3.8, 4) is 0 Å². The summed E-state index contributed by atoms with van der Waals surface area (Å²) in [7, 11) is 1.45. The van der Waals surface area contributed by atoms with Gasteiger partial charge < -0.3 is 9.47 Å². The van der Waals surface area contributed by atoms with Gasteiger partial charge in [-0.1, -0.05) is 0 Å². The van der Waals surface area contributed by atoms with Crippen LogP contribution in [0.5, 0.6) is 0 Å². The Morgan fingerprint density at radius 3 is 2.50 bits per heavy atom. The van der Waals surface area contributed by atoms with Crippen molar-refractivity contribution in [1.29, 1.82) is 0 Å². The van der Waals surface area contributed by atoms with Crippen LogP contribution in [0, 0.1) is 10.1 Å². The molecule has 16 heavy (non-hydrogen) atoms. The summed E-state index contributed by atoms with van der Waals surface area (Å²) in [5.74, 6) is -0.244. The second kappa shape index (κ2) is 5.94. The molecule has 0 unspecified atom stereocenters. The van der Waals surface area contributed by atoms with Crippen LogP contribution >= 0.6 is 0 Å². The van der Waals surface area contributed by atoms with E-state index in [9.17, 15) is 14.9 Å². The Hall–Kier alpha value is -1.79. The fourth-order valence-electron chi connectivity index (χ4n) is 1.07. The van der Waals surface area contributed by atoms with Crippen LogP contribution in [-0.2, 0) is 9.47 Å². The molecular formula is C10H11NO5. The Kier molecular flexibility index (Phi) is 4.56. The van der Waals surface area contributed by atoms with E-state index in [0.717, 1.165) is 0 Å². The zero-order valence-corrected chi connectivity index (χ0v) is 8.71. The smallest absolute Gasteiger partial charge is 0.269 e. The van der Waals surface area contributed by atoms with Crippen molar-refractivity contribution in [2.75, 3.05) is 20.5 Å². The third-order valence-electron chi connectivity index (χ3n) is 1.83. The Morgan fingerprint density at radius 2 is 2.00 bits per heavy atom. The molecule has 0 aliphatic carbocycles. The molecule has 0 aliphatic heterocycles. The third kappa shape index (κ3) is 3.41. The first-order valence-electron chi connectivity index (χ1n) is 4.49. The second-order valence-electron chi connectivity index (χ2n) is 2.98. The molecule has 0 spiro atoms. The number of carbonyl (C=O) groups is 1. The Morgan fingerprint density at radius 1 is 1.38 bits per heavy atom. The van der Waals surface area contributed by atoms with Gasteiger partial charge in [-0.05, 0) is 12.1 Å². The Bertz CT molecular complexity index is 373. The number of ether oxygens (including phenoxy) is 2. The van der Waals surface area contributed by atoms with E-state index in [1.165, 1.54) is 31.4 Å². The van der Waals surface area contributed by atoms with Gasteiger partial charge in [0.1, 0.15) is 13.4 Å². The van der Waals surface area contributed by atoms with Gasteiger partial charge in [0.2, 0.25) is 0 Å². The molecule has 0 bridgehead atoms. The molecule has 86 valence electrons. The minimum absolute atomic E-state index is 0.0404. The van der Waals surface area contributed by atoms with Crippen LogP contribution in [-0.4, -0.2) is 31.2 Å². The lowest BCUT2D eigenvalue weighted by Gasteiger charge is -2.01. The van der Waals surface area contributed by atoms with Crippen molar-refractivity contribution < 1.29 is 19.2 Å². The van der Waals surface area contributed by atoms with Gasteiger partial charge in [-0.25, -0.2) is 0 Å². The van der Waals surface area contributed by atoms with Crippen LogP contribution < -0.4 is 0 Å². The van der Waals surface area contributed by atoms with Gasteiger partial charge >= 0.3 is 0 Å². The number of methoxy groups -OCH3 is 1. The summed E-state index contributed by atoms with van der Waals surface area (Å²) >= 11 is 0. The summed E-state index contributed by atoms with van der Waals surface area (Å²) in [6, 6.07) is 5.36. The van der Waals surface area contributed by atoms with E-state index < -0.39 is 4.92 Å². The summed E-state index contributed by atoms with van der Waals surface area (Å²) in [6.07, 6.45) is 0. The van der Waals surface area contributed by atoms with E-state index in [1.807, 2.05) is 0 Å². The summed E-state index contributed by atoms with van der Waals surface area (Å²) in [6.45, 7) is -0.0651. The lowest BCUT2D eigenvalue weighted by molar-refractivity contribution is -0.384. The molecule has 1 rings (SSSR count). The molecule has 0 saturated heterocycles. The van der Waals surface area contributed by atoms with E-state index >= 15 is 0 Å². The molecule has 0 N–H and O–H groups in total. The first-order valence-corrected chi connectivity index (χ1v) is 4.49. The van der Waals surface area contributed by atoms with Crippen molar-refractivity contribution in [2.24, 2.45) is 0 Å². The zero-order chi connectivity index (χ0) is 12.0. The minimum atomic E-state index is -0.518. The van der Waals surface area contributed by atoms with Crippen LogP contribution in [0.4, 0.5) is 5.69 Å². The largest absolute Gasteiger partial charge is 0.359 e. The molecule has 0 fully saturated rings. The molecular weight excluding hydrogens is 214 g/mol. The molecule has 1 aromatic rings. The monoisotopic (exact) mass is 225 g/mol. The van der Waals surface area contributed by atoms with E-state index in [1.54, 1.807) is 0 Å². The molecule has 0 radical (unpaired) electrons. The normalized spacial score (nSPS) is 10.1. The van der Waals surface area contributed by atoms with Crippen molar-refractivity contribution in [3.05, 3.63) is 39.9 Å². The number of nitro groups is 1. The van der Waals surface area contributed by atoms with Crippen molar-refractivity contribution >= 4 is 11.5 Å². The maximum absolute atomic E-state index is 11.5. The Labute approximate surface area is 91.9 Å². The van der Waals surface area contributed by atoms with E-state index in [0.29, 0.717) is 5.56 Å². The summed E-state index contributed by atoms with van der Waals surface area (Å²) in [4.78, 5) is 21.3. The van der Waals surface area contributed by atoms with Gasteiger partial charge in [0.25, 0.3) is 5.69 Å². The number of ketones is 1. The molecule has 6 nitrogen and oxygen atoms in total. The fourth-order valence-corrected chi connectivity index (χ4v) is 1.07. The number of Topliss-reactive ketones (excluding diaryl/α,β-unsaturated/α-hetero) is 1. The topological polar surface area (TPSA) is 78.7 Å². The summed E-state index contributed by atoms with van der Waals surface area (Å²) in [5.41, 5.74) is 0.330. The minimum Gasteiger partial charge on any atom is -0.359 e. The number of hydrogen-bond acceptors (Lipinski definition) is 5. The number of nitrogens with zero attached hydrogens (tertiary/aromatic N) is 1. The predicted octanol–water partition coefficient (Wildman–Crippen LogP) is 1.40. The lowest BCUT2D eigenvalue weighted by Crippen LogP contribution is -2.10.